The summed E-state index contributed by atoms with van der Waals surface area (Å²) >= 11 is 0. The van der Waals surface area contributed by atoms with E-state index < -0.39 is 6.36 Å². The van der Waals surface area contributed by atoms with E-state index in [4.69, 9.17) is 0 Å². The maximum atomic E-state index is 12.2. The van der Waals surface area contributed by atoms with Gasteiger partial charge in [0.25, 0.3) is 0 Å². The molecular weight excluding hydrogens is 265 g/mol. The zero-order valence-electron chi connectivity index (χ0n) is 11.1. The standard InChI is InChI=1S/C16H15F3O/c1-12-5-2-3-7-14(12)10-9-13-6-4-8-15(11-13)20-16(17,18)19/h2-8,11H,9-10H2,1H3. The van der Waals surface area contributed by atoms with Crippen LogP contribution in [0, 0.1) is 6.92 Å². The lowest BCUT2D eigenvalue weighted by atomic mass is 10.0. The van der Waals surface area contributed by atoms with Crippen LogP contribution in [0.2, 0.25) is 0 Å². The Kier molecular flexibility index (Phi) is 4.32. The summed E-state index contributed by atoms with van der Waals surface area (Å²) in [5, 5.41) is 0. The minimum absolute atomic E-state index is 0.167. The van der Waals surface area contributed by atoms with E-state index in [2.05, 4.69) is 4.74 Å². The van der Waals surface area contributed by atoms with Crippen molar-refractivity contribution >= 4 is 0 Å². The molecular formula is C16H15F3O. The number of halogens is 3. The Morgan fingerprint density at radius 1 is 0.950 bits per heavy atom. The van der Waals surface area contributed by atoms with Gasteiger partial charge in [0.2, 0.25) is 0 Å². The fourth-order valence-electron chi connectivity index (χ4n) is 2.07. The number of rotatable bonds is 4. The highest BCUT2D eigenvalue weighted by Crippen LogP contribution is 2.24. The second kappa shape index (κ2) is 5.99. The first-order valence-corrected chi connectivity index (χ1v) is 6.33. The Morgan fingerprint density at radius 3 is 2.40 bits per heavy atom. The lowest BCUT2D eigenvalue weighted by Gasteiger charge is -2.10. The van der Waals surface area contributed by atoms with E-state index in [0.717, 1.165) is 12.0 Å². The van der Waals surface area contributed by atoms with Gasteiger partial charge in [-0.05, 0) is 48.6 Å². The van der Waals surface area contributed by atoms with E-state index in [1.165, 1.54) is 23.3 Å². The highest BCUT2D eigenvalue weighted by Gasteiger charge is 2.31. The molecule has 0 atom stereocenters. The minimum atomic E-state index is -4.64. The summed E-state index contributed by atoms with van der Waals surface area (Å²) in [4.78, 5) is 0. The first-order chi connectivity index (χ1) is 9.44. The minimum Gasteiger partial charge on any atom is -0.406 e. The summed E-state index contributed by atoms with van der Waals surface area (Å²) in [6.07, 6.45) is -3.17. The summed E-state index contributed by atoms with van der Waals surface area (Å²) in [5.41, 5.74) is 3.22. The van der Waals surface area contributed by atoms with Gasteiger partial charge < -0.3 is 4.74 Å². The van der Waals surface area contributed by atoms with Crippen LogP contribution in [0.15, 0.2) is 48.5 Å². The van der Waals surface area contributed by atoms with Gasteiger partial charge in [-0.3, -0.25) is 0 Å². The van der Waals surface area contributed by atoms with Crippen LogP contribution >= 0.6 is 0 Å². The van der Waals surface area contributed by atoms with Crippen molar-refractivity contribution in [3.8, 4) is 5.75 Å². The predicted octanol–water partition coefficient (Wildman–Crippen LogP) is 4.68. The van der Waals surface area contributed by atoms with Gasteiger partial charge in [0, 0.05) is 0 Å². The highest BCUT2D eigenvalue weighted by atomic mass is 19.4. The number of hydrogen-bond acceptors (Lipinski definition) is 1. The van der Waals surface area contributed by atoms with Crippen LogP contribution in [0.4, 0.5) is 13.2 Å². The van der Waals surface area contributed by atoms with Crippen molar-refractivity contribution in [1.29, 1.82) is 0 Å². The van der Waals surface area contributed by atoms with E-state index in [1.54, 1.807) is 6.07 Å². The number of benzene rings is 2. The molecule has 0 heterocycles. The lowest BCUT2D eigenvalue weighted by Crippen LogP contribution is -2.17. The first-order valence-electron chi connectivity index (χ1n) is 6.33. The lowest BCUT2D eigenvalue weighted by molar-refractivity contribution is -0.274. The van der Waals surface area contributed by atoms with Crippen molar-refractivity contribution < 1.29 is 17.9 Å². The van der Waals surface area contributed by atoms with Crippen LogP contribution in [0.1, 0.15) is 16.7 Å². The van der Waals surface area contributed by atoms with Crippen molar-refractivity contribution in [2.24, 2.45) is 0 Å². The van der Waals surface area contributed by atoms with Crippen molar-refractivity contribution in [3.63, 3.8) is 0 Å². The molecule has 0 aliphatic carbocycles. The third kappa shape index (κ3) is 4.30. The van der Waals surface area contributed by atoms with Crippen LogP contribution in [0.5, 0.6) is 5.75 Å². The van der Waals surface area contributed by atoms with E-state index in [0.29, 0.717) is 6.42 Å². The Morgan fingerprint density at radius 2 is 1.70 bits per heavy atom. The van der Waals surface area contributed by atoms with Gasteiger partial charge in [-0.25, -0.2) is 0 Å². The van der Waals surface area contributed by atoms with Crippen LogP contribution < -0.4 is 4.74 Å². The highest BCUT2D eigenvalue weighted by molar-refractivity contribution is 5.31. The number of hydrogen-bond donors (Lipinski definition) is 0. The van der Waals surface area contributed by atoms with Gasteiger partial charge in [0.1, 0.15) is 5.75 Å². The monoisotopic (exact) mass is 280 g/mol. The van der Waals surface area contributed by atoms with Crippen LogP contribution in [0.25, 0.3) is 0 Å². The van der Waals surface area contributed by atoms with Gasteiger partial charge in [-0.2, -0.15) is 0 Å². The Bertz CT molecular complexity index is 576. The maximum absolute atomic E-state index is 12.2. The molecule has 0 radical (unpaired) electrons. The molecule has 106 valence electrons. The molecule has 2 rings (SSSR count). The molecule has 0 aliphatic rings. The predicted molar refractivity (Wildman–Crippen MR) is 71.7 cm³/mol. The summed E-state index contributed by atoms with van der Waals surface area (Å²) < 4.78 is 40.4. The number of aryl methyl sites for hydroxylation is 3. The molecule has 0 spiro atoms. The molecule has 2 aromatic carbocycles. The molecule has 0 saturated carbocycles. The zero-order chi connectivity index (χ0) is 14.6. The molecule has 0 unspecified atom stereocenters. The smallest absolute Gasteiger partial charge is 0.406 e. The third-order valence-corrected chi connectivity index (χ3v) is 3.08. The summed E-state index contributed by atoms with van der Waals surface area (Å²) in [6.45, 7) is 2.03. The Hall–Kier alpha value is -1.97. The maximum Gasteiger partial charge on any atom is 0.573 e. The average Bonchev–Trinajstić information content (AvgIpc) is 2.36. The molecule has 0 saturated heterocycles. The SMILES string of the molecule is Cc1ccccc1CCc1cccc(OC(F)(F)F)c1. The summed E-state index contributed by atoms with van der Waals surface area (Å²) in [6, 6.07) is 14.1. The van der Waals surface area contributed by atoms with Crippen LogP contribution in [-0.2, 0) is 12.8 Å². The van der Waals surface area contributed by atoms with Crippen LogP contribution in [-0.4, -0.2) is 6.36 Å². The second-order valence-electron chi connectivity index (χ2n) is 4.62. The Balaban J connectivity index is 2.03. The van der Waals surface area contributed by atoms with Crippen molar-refractivity contribution in [2.75, 3.05) is 0 Å². The van der Waals surface area contributed by atoms with E-state index >= 15 is 0 Å². The quantitative estimate of drug-likeness (QED) is 0.790. The molecule has 20 heavy (non-hydrogen) atoms. The van der Waals surface area contributed by atoms with Crippen LogP contribution in [0.3, 0.4) is 0 Å². The number of ether oxygens (including phenoxy) is 1. The van der Waals surface area contributed by atoms with Gasteiger partial charge in [-0.15, -0.1) is 13.2 Å². The fourth-order valence-corrected chi connectivity index (χ4v) is 2.07. The second-order valence-corrected chi connectivity index (χ2v) is 4.62. The molecule has 0 fully saturated rings. The molecule has 0 N–H and O–H groups in total. The topological polar surface area (TPSA) is 9.23 Å². The first kappa shape index (κ1) is 14.4. The zero-order valence-corrected chi connectivity index (χ0v) is 11.1. The van der Waals surface area contributed by atoms with E-state index in [9.17, 15) is 13.2 Å². The molecule has 0 aromatic heterocycles. The summed E-state index contributed by atoms with van der Waals surface area (Å²) in [5.74, 6) is -0.167. The molecule has 0 bridgehead atoms. The summed E-state index contributed by atoms with van der Waals surface area (Å²) in [7, 11) is 0. The van der Waals surface area contributed by atoms with E-state index in [-0.39, 0.29) is 5.75 Å². The van der Waals surface area contributed by atoms with Gasteiger partial charge in [0.15, 0.2) is 0 Å². The van der Waals surface area contributed by atoms with Crippen molar-refractivity contribution in [3.05, 3.63) is 65.2 Å². The van der Waals surface area contributed by atoms with Gasteiger partial charge in [0.05, 0.1) is 0 Å². The third-order valence-electron chi connectivity index (χ3n) is 3.08. The van der Waals surface area contributed by atoms with Crippen molar-refractivity contribution in [2.45, 2.75) is 26.1 Å². The average molecular weight is 280 g/mol. The fraction of sp³-hybridized carbons (Fsp3) is 0.250. The largest absolute Gasteiger partial charge is 0.573 e. The molecule has 2 aromatic rings. The molecule has 0 amide bonds. The van der Waals surface area contributed by atoms with Gasteiger partial charge in [-0.1, -0.05) is 36.4 Å². The van der Waals surface area contributed by atoms with Gasteiger partial charge >= 0.3 is 6.36 Å². The molecule has 4 heteroatoms. The molecule has 1 nitrogen and oxygen atoms in total. The Labute approximate surface area is 116 Å². The normalized spacial score (nSPS) is 11.4. The number of alkyl halides is 3. The van der Waals surface area contributed by atoms with E-state index in [1.807, 2.05) is 37.3 Å². The molecule has 0 aliphatic heterocycles. The van der Waals surface area contributed by atoms with Crippen molar-refractivity contribution in [1.82, 2.24) is 0 Å².